The van der Waals surface area contributed by atoms with Crippen molar-refractivity contribution in [3.63, 3.8) is 0 Å². The molecule has 0 aliphatic rings. The number of carboxylic acids is 1. The van der Waals surface area contributed by atoms with Crippen molar-refractivity contribution in [1.29, 1.82) is 0 Å². The highest BCUT2D eigenvalue weighted by atomic mass is 35.5. The lowest BCUT2D eigenvalue weighted by atomic mass is 10.1. The third-order valence-electron chi connectivity index (χ3n) is 3.37. The average molecular weight is 322 g/mol. The molecule has 116 valence electrons. The molecule has 1 N–H and O–H groups in total. The summed E-state index contributed by atoms with van der Waals surface area (Å²) < 4.78 is 5.39. The van der Waals surface area contributed by atoms with Crippen molar-refractivity contribution in [2.45, 2.75) is 20.4 Å². The predicted molar refractivity (Wildman–Crippen MR) is 82.4 cm³/mol. The maximum Gasteiger partial charge on any atom is 0.339 e. The van der Waals surface area contributed by atoms with Gasteiger partial charge in [0.25, 0.3) is 5.91 Å². The lowest BCUT2D eigenvalue weighted by molar-refractivity contribution is 0.0694. The molecule has 0 aliphatic carbocycles. The second-order valence-electron chi connectivity index (χ2n) is 5.11. The minimum atomic E-state index is -1.05. The van der Waals surface area contributed by atoms with Crippen LogP contribution in [0.5, 0.6) is 0 Å². The van der Waals surface area contributed by atoms with E-state index in [1.165, 1.54) is 11.0 Å². The van der Waals surface area contributed by atoms with Gasteiger partial charge in [-0.05, 0) is 37.6 Å². The van der Waals surface area contributed by atoms with Crippen LogP contribution in [0.4, 0.5) is 0 Å². The molecule has 6 heteroatoms. The zero-order chi connectivity index (χ0) is 16.4. The molecule has 1 heterocycles. The summed E-state index contributed by atoms with van der Waals surface area (Å²) in [7, 11) is 1.63. The molecule has 1 aromatic carbocycles. The molecule has 0 atom stereocenters. The Morgan fingerprint density at radius 3 is 2.50 bits per heavy atom. The Bertz CT molecular complexity index is 736. The smallest absolute Gasteiger partial charge is 0.339 e. The Hall–Kier alpha value is -2.27. The van der Waals surface area contributed by atoms with Crippen LogP contribution in [-0.2, 0) is 6.54 Å². The lowest BCUT2D eigenvalue weighted by Crippen LogP contribution is -2.26. The van der Waals surface area contributed by atoms with E-state index in [0.717, 1.165) is 5.56 Å². The zero-order valence-corrected chi connectivity index (χ0v) is 13.3. The SMILES string of the molecule is Cc1ccc(Cl)cc1C(=O)N(C)Cc1cc(C(=O)O)c(C)o1. The van der Waals surface area contributed by atoms with E-state index in [4.69, 9.17) is 21.1 Å². The fourth-order valence-electron chi connectivity index (χ4n) is 2.17. The molecule has 0 saturated carbocycles. The van der Waals surface area contributed by atoms with Gasteiger partial charge in [0, 0.05) is 17.6 Å². The molecule has 0 radical (unpaired) electrons. The van der Waals surface area contributed by atoms with Gasteiger partial charge in [0.05, 0.1) is 6.54 Å². The number of furan rings is 1. The molecule has 5 nitrogen and oxygen atoms in total. The average Bonchev–Trinajstić information content (AvgIpc) is 2.81. The first-order valence-electron chi connectivity index (χ1n) is 6.64. The summed E-state index contributed by atoms with van der Waals surface area (Å²) >= 11 is 5.93. The van der Waals surface area contributed by atoms with Crippen LogP contribution in [0, 0.1) is 13.8 Å². The number of aryl methyl sites for hydroxylation is 2. The summed E-state index contributed by atoms with van der Waals surface area (Å²) in [4.78, 5) is 24.9. The first-order chi connectivity index (χ1) is 10.3. The standard InChI is InChI=1S/C16H16ClNO4/c1-9-4-5-11(17)6-13(9)15(19)18(3)8-12-7-14(16(20)21)10(2)22-12/h4-7H,8H2,1-3H3,(H,20,21). The molecule has 2 aromatic rings. The number of aromatic carboxylic acids is 1. The van der Waals surface area contributed by atoms with Crippen molar-refractivity contribution >= 4 is 23.5 Å². The molecule has 0 bridgehead atoms. The fourth-order valence-corrected chi connectivity index (χ4v) is 2.34. The van der Waals surface area contributed by atoms with Crippen molar-refractivity contribution in [2.24, 2.45) is 0 Å². The summed E-state index contributed by atoms with van der Waals surface area (Å²) in [5.74, 6) is -0.509. The first-order valence-corrected chi connectivity index (χ1v) is 7.01. The zero-order valence-electron chi connectivity index (χ0n) is 12.5. The molecule has 0 unspecified atom stereocenters. The van der Waals surface area contributed by atoms with E-state index in [0.29, 0.717) is 22.1 Å². The highest BCUT2D eigenvalue weighted by Gasteiger charge is 2.19. The van der Waals surface area contributed by atoms with Gasteiger partial charge in [0.15, 0.2) is 0 Å². The van der Waals surface area contributed by atoms with Crippen molar-refractivity contribution in [3.05, 3.63) is 57.5 Å². The molecule has 0 saturated heterocycles. The van der Waals surface area contributed by atoms with Gasteiger partial charge in [-0.2, -0.15) is 0 Å². The van der Waals surface area contributed by atoms with Crippen LogP contribution in [0.2, 0.25) is 5.02 Å². The normalized spacial score (nSPS) is 10.5. The van der Waals surface area contributed by atoms with Crippen molar-refractivity contribution in [2.75, 3.05) is 7.05 Å². The number of carbonyl (C=O) groups excluding carboxylic acids is 1. The number of benzene rings is 1. The fraction of sp³-hybridized carbons (Fsp3) is 0.250. The second kappa shape index (κ2) is 6.23. The van der Waals surface area contributed by atoms with Gasteiger partial charge < -0.3 is 14.4 Å². The monoisotopic (exact) mass is 321 g/mol. The predicted octanol–water partition coefficient (Wildman–Crippen LogP) is 3.52. The van der Waals surface area contributed by atoms with Crippen LogP contribution < -0.4 is 0 Å². The largest absolute Gasteiger partial charge is 0.478 e. The highest BCUT2D eigenvalue weighted by molar-refractivity contribution is 6.31. The summed E-state index contributed by atoms with van der Waals surface area (Å²) in [5, 5.41) is 9.50. The number of carboxylic acid groups (broad SMARTS) is 1. The Morgan fingerprint density at radius 2 is 1.91 bits per heavy atom. The number of hydrogen-bond acceptors (Lipinski definition) is 3. The minimum absolute atomic E-state index is 0.106. The van der Waals surface area contributed by atoms with Gasteiger partial charge in [-0.1, -0.05) is 17.7 Å². The third-order valence-corrected chi connectivity index (χ3v) is 3.60. The van der Waals surface area contributed by atoms with Gasteiger partial charge >= 0.3 is 5.97 Å². The van der Waals surface area contributed by atoms with Gasteiger partial charge in [0.2, 0.25) is 0 Å². The van der Waals surface area contributed by atoms with Gasteiger partial charge in [-0.25, -0.2) is 4.79 Å². The Morgan fingerprint density at radius 1 is 1.23 bits per heavy atom. The number of amides is 1. The second-order valence-corrected chi connectivity index (χ2v) is 5.54. The third kappa shape index (κ3) is 3.31. The van der Waals surface area contributed by atoms with Crippen LogP contribution in [-0.4, -0.2) is 28.9 Å². The van der Waals surface area contributed by atoms with Gasteiger partial charge in [0.1, 0.15) is 17.1 Å². The van der Waals surface area contributed by atoms with Crippen LogP contribution in [0.25, 0.3) is 0 Å². The number of carbonyl (C=O) groups is 2. The quantitative estimate of drug-likeness (QED) is 0.935. The van der Waals surface area contributed by atoms with Crippen LogP contribution >= 0.6 is 11.6 Å². The summed E-state index contributed by atoms with van der Waals surface area (Å²) in [6.45, 7) is 3.59. The molecular formula is C16H16ClNO4. The molecule has 0 fully saturated rings. The lowest BCUT2D eigenvalue weighted by Gasteiger charge is -2.17. The molecular weight excluding hydrogens is 306 g/mol. The van der Waals surface area contributed by atoms with Crippen molar-refractivity contribution in [1.82, 2.24) is 4.90 Å². The minimum Gasteiger partial charge on any atom is -0.478 e. The summed E-state index contributed by atoms with van der Waals surface area (Å²) in [6.07, 6.45) is 0. The van der Waals surface area contributed by atoms with Crippen LogP contribution in [0.3, 0.4) is 0 Å². The number of hydrogen-bond donors (Lipinski definition) is 1. The molecule has 0 spiro atoms. The van der Waals surface area contributed by atoms with E-state index < -0.39 is 5.97 Å². The Kier molecular flexibility index (Phi) is 4.56. The summed E-state index contributed by atoms with van der Waals surface area (Å²) in [5.41, 5.74) is 1.44. The molecule has 2 rings (SSSR count). The molecule has 22 heavy (non-hydrogen) atoms. The van der Waals surface area contributed by atoms with E-state index in [1.54, 1.807) is 32.2 Å². The van der Waals surface area contributed by atoms with Gasteiger partial charge in [-0.15, -0.1) is 0 Å². The molecule has 1 amide bonds. The van der Waals surface area contributed by atoms with E-state index in [-0.39, 0.29) is 18.0 Å². The summed E-state index contributed by atoms with van der Waals surface area (Å²) in [6, 6.07) is 6.56. The topological polar surface area (TPSA) is 70.8 Å². The maximum absolute atomic E-state index is 12.5. The Balaban J connectivity index is 2.20. The maximum atomic E-state index is 12.5. The van der Waals surface area contributed by atoms with Gasteiger partial charge in [-0.3, -0.25) is 4.79 Å². The van der Waals surface area contributed by atoms with Crippen LogP contribution in [0.15, 0.2) is 28.7 Å². The highest BCUT2D eigenvalue weighted by Crippen LogP contribution is 2.20. The number of rotatable bonds is 4. The van der Waals surface area contributed by atoms with Crippen molar-refractivity contribution < 1.29 is 19.1 Å². The molecule has 0 aliphatic heterocycles. The number of nitrogens with zero attached hydrogens (tertiary/aromatic N) is 1. The Labute approximate surface area is 133 Å². The van der Waals surface area contributed by atoms with E-state index >= 15 is 0 Å². The van der Waals surface area contributed by atoms with Crippen LogP contribution in [0.1, 0.15) is 37.8 Å². The van der Waals surface area contributed by atoms with E-state index in [2.05, 4.69) is 0 Å². The molecule has 1 aromatic heterocycles. The van der Waals surface area contributed by atoms with Crippen molar-refractivity contribution in [3.8, 4) is 0 Å². The van der Waals surface area contributed by atoms with E-state index in [1.807, 2.05) is 6.92 Å². The number of halogens is 1. The first kappa shape index (κ1) is 16.1. The van der Waals surface area contributed by atoms with E-state index in [9.17, 15) is 9.59 Å².